The molecule has 2 amide bonds. The number of aromatic hydroxyl groups is 1. The molecule has 1 saturated heterocycles. The van der Waals surface area contributed by atoms with Crippen LogP contribution in [0.4, 0.5) is 5.69 Å². The van der Waals surface area contributed by atoms with Crippen LogP contribution in [-0.2, 0) is 19.2 Å². The van der Waals surface area contributed by atoms with Crippen LogP contribution in [0.1, 0.15) is 18.4 Å². The first kappa shape index (κ1) is 29.8. The van der Waals surface area contributed by atoms with E-state index < -0.39 is 42.6 Å². The SMILES string of the molecule is COc1cc(C=CC2C3=CCC4C(=O)N(c5cccc(B(O)O)c5)C(=O)C4C3CC3=C2C(=O)C=C(Br)C3=O)cc(OC)c1O. The van der Waals surface area contributed by atoms with E-state index in [-0.39, 0.29) is 57.3 Å². The lowest BCUT2D eigenvalue weighted by atomic mass is 9.61. The van der Waals surface area contributed by atoms with Gasteiger partial charge in [-0.05, 0) is 70.0 Å². The molecule has 44 heavy (non-hydrogen) atoms. The molecular formula is C32H27BBrNO9. The maximum atomic E-state index is 14.0. The number of halogens is 1. The molecule has 10 nitrogen and oxygen atoms in total. The van der Waals surface area contributed by atoms with Crippen LogP contribution in [0.3, 0.4) is 0 Å². The number of hydrogen-bond donors (Lipinski definition) is 3. The van der Waals surface area contributed by atoms with Crippen LogP contribution in [0, 0.1) is 23.7 Å². The number of allylic oxidation sites excluding steroid dienone is 7. The zero-order valence-corrected chi connectivity index (χ0v) is 25.3. The molecule has 0 saturated carbocycles. The Morgan fingerprint density at radius 3 is 2.36 bits per heavy atom. The number of rotatable bonds is 6. The highest BCUT2D eigenvalue weighted by Gasteiger charge is 2.56. The molecule has 12 heteroatoms. The van der Waals surface area contributed by atoms with Gasteiger partial charge in [0.1, 0.15) is 0 Å². The van der Waals surface area contributed by atoms with Gasteiger partial charge in [-0.25, -0.2) is 0 Å². The minimum atomic E-state index is -1.77. The third-order valence-corrected chi connectivity index (χ3v) is 9.38. The van der Waals surface area contributed by atoms with E-state index in [1.807, 2.05) is 6.08 Å². The molecule has 2 aromatic carbocycles. The lowest BCUT2D eigenvalue weighted by molar-refractivity contribution is -0.123. The zero-order valence-electron chi connectivity index (χ0n) is 23.7. The van der Waals surface area contributed by atoms with Crippen LogP contribution in [0.15, 0.2) is 75.8 Å². The van der Waals surface area contributed by atoms with Crippen molar-refractivity contribution in [3.05, 3.63) is 81.4 Å². The van der Waals surface area contributed by atoms with Crippen LogP contribution in [0.25, 0.3) is 6.08 Å². The van der Waals surface area contributed by atoms with E-state index >= 15 is 0 Å². The first-order valence-electron chi connectivity index (χ1n) is 13.9. The minimum absolute atomic E-state index is 0.114. The molecule has 0 aromatic heterocycles. The van der Waals surface area contributed by atoms with Crippen LogP contribution >= 0.6 is 15.9 Å². The van der Waals surface area contributed by atoms with E-state index in [1.165, 1.54) is 32.4 Å². The highest BCUT2D eigenvalue weighted by atomic mass is 79.9. The standard InChI is InChI=1S/C32H27BBrNO9/c1-43-25-10-15(11-26(44-2)30(25)38)6-7-19-18-8-9-20-28(21(18)13-22-27(19)24(36)14-23(34)29(22)37)32(40)35(31(20)39)17-5-3-4-16(12-17)33(41)42/h3-8,10-12,14,19-21,28,38,41-42H,9,13H2,1-2H3. The number of amides is 2. The second-order valence-corrected chi connectivity index (χ2v) is 11.9. The van der Waals surface area contributed by atoms with Crippen LogP contribution in [0.5, 0.6) is 17.2 Å². The Morgan fingerprint density at radius 2 is 1.70 bits per heavy atom. The lowest BCUT2D eigenvalue weighted by Gasteiger charge is -2.41. The van der Waals surface area contributed by atoms with E-state index in [4.69, 9.17) is 9.47 Å². The number of fused-ring (bicyclic) bond motifs is 3. The van der Waals surface area contributed by atoms with E-state index in [0.29, 0.717) is 16.7 Å². The first-order chi connectivity index (χ1) is 21.0. The van der Waals surface area contributed by atoms with Crippen LogP contribution in [0.2, 0.25) is 0 Å². The normalized spacial score (nSPS) is 24.6. The average Bonchev–Trinajstić information content (AvgIpc) is 3.27. The molecule has 1 fully saturated rings. The number of phenolic OH excluding ortho intramolecular Hbond substituents is 1. The third kappa shape index (κ3) is 4.73. The van der Waals surface area contributed by atoms with Crippen molar-refractivity contribution in [2.45, 2.75) is 12.8 Å². The highest BCUT2D eigenvalue weighted by molar-refractivity contribution is 9.12. The quantitative estimate of drug-likeness (QED) is 0.184. The molecule has 4 atom stereocenters. The second-order valence-electron chi connectivity index (χ2n) is 11.1. The molecule has 4 aliphatic rings. The van der Waals surface area contributed by atoms with Crippen molar-refractivity contribution in [3.8, 4) is 17.2 Å². The number of carbonyl (C=O) groups is 4. The lowest BCUT2D eigenvalue weighted by Crippen LogP contribution is -2.40. The van der Waals surface area contributed by atoms with E-state index in [0.717, 1.165) is 10.5 Å². The Balaban J connectivity index is 1.43. The Bertz CT molecular complexity index is 1730. The molecule has 6 rings (SSSR count). The number of hydrogen-bond acceptors (Lipinski definition) is 9. The summed E-state index contributed by atoms with van der Waals surface area (Å²) in [6.45, 7) is 0. The fourth-order valence-corrected chi connectivity index (χ4v) is 7.23. The first-order valence-corrected chi connectivity index (χ1v) is 14.7. The number of carbonyl (C=O) groups excluding carboxylic acids is 4. The van der Waals surface area contributed by atoms with E-state index in [9.17, 15) is 34.3 Å². The van der Waals surface area contributed by atoms with Crippen molar-refractivity contribution in [2.24, 2.45) is 23.7 Å². The Kier molecular flexibility index (Phi) is 7.69. The van der Waals surface area contributed by atoms with Gasteiger partial charge < -0.3 is 24.6 Å². The summed E-state index contributed by atoms with van der Waals surface area (Å²) < 4.78 is 10.7. The summed E-state index contributed by atoms with van der Waals surface area (Å²) in [6.07, 6.45) is 7.05. The summed E-state index contributed by atoms with van der Waals surface area (Å²) in [5.74, 6) is -3.94. The number of benzene rings is 2. The molecule has 0 spiro atoms. The molecule has 3 aliphatic carbocycles. The van der Waals surface area contributed by atoms with Gasteiger partial charge in [0, 0.05) is 23.1 Å². The van der Waals surface area contributed by atoms with Crippen molar-refractivity contribution in [1.82, 2.24) is 0 Å². The van der Waals surface area contributed by atoms with Gasteiger partial charge in [0.2, 0.25) is 17.6 Å². The van der Waals surface area contributed by atoms with Gasteiger partial charge in [0.25, 0.3) is 0 Å². The van der Waals surface area contributed by atoms with Gasteiger partial charge >= 0.3 is 7.12 Å². The van der Waals surface area contributed by atoms with Gasteiger partial charge in [0.05, 0.1) is 36.2 Å². The summed E-state index contributed by atoms with van der Waals surface area (Å²) in [6, 6.07) is 9.19. The smallest absolute Gasteiger partial charge is 0.488 e. The maximum absolute atomic E-state index is 14.0. The predicted octanol–water partition coefficient (Wildman–Crippen LogP) is 2.60. The number of anilines is 1. The van der Waals surface area contributed by atoms with Gasteiger partial charge in [-0.1, -0.05) is 35.9 Å². The Morgan fingerprint density at radius 1 is 1.00 bits per heavy atom. The number of ether oxygens (including phenoxy) is 2. The topological polar surface area (TPSA) is 151 Å². The molecular weight excluding hydrogens is 633 g/mol. The fourth-order valence-electron chi connectivity index (χ4n) is 6.78. The fraction of sp³-hybridized carbons (Fsp3) is 0.250. The van der Waals surface area contributed by atoms with Crippen molar-refractivity contribution >= 4 is 63.7 Å². The largest absolute Gasteiger partial charge is 0.502 e. The number of imide groups is 1. The number of nitrogens with zero attached hydrogens (tertiary/aromatic N) is 1. The summed E-state index contributed by atoms with van der Waals surface area (Å²) in [4.78, 5) is 55.5. The summed E-state index contributed by atoms with van der Waals surface area (Å²) in [5.41, 5.74) is 2.37. The van der Waals surface area contributed by atoms with Crippen molar-refractivity contribution < 1.29 is 43.8 Å². The molecule has 4 unspecified atom stereocenters. The number of Topliss-reactive ketones (excluding diaryl/α,β-unsaturated/α-hetero) is 1. The van der Waals surface area contributed by atoms with Gasteiger partial charge in [-0.2, -0.15) is 0 Å². The van der Waals surface area contributed by atoms with E-state index in [2.05, 4.69) is 15.9 Å². The summed E-state index contributed by atoms with van der Waals surface area (Å²) >= 11 is 3.22. The Hall–Kier alpha value is -4.26. The minimum Gasteiger partial charge on any atom is -0.502 e. The molecule has 0 bridgehead atoms. The zero-order chi connectivity index (χ0) is 31.4. The number of ketones is 2. The van der Waals surface area contributed by atoms with Crippen LogP contribution in [-0.4, -0.2) is 59.9 Å². The van der Waals surface area contributed by atoms with Crippen LogP contribution < -0.4 is 19.8 Å². The number of phenols is 1. The molecule has 224 valence electrons. The highest BCUT2D eigenvalue weighted by Crippen LogP contribution is 2.53. The summed E-state index contributed by atoms with van der Waals surface area (Å²) in [7, 11) is 1.05. The molecule has 2 aromatic rings. The molecule has 3 N–H and O–H groups in total. The van der Waals surface area contributed by atoms with Gasteiger partial charge in [0.15, 0.2) is 23.1 Å². The summed E-state index contributed by atoms with van der Waals surface area (Å²) in [5, 5.41) is 29.6. The third-order valence-electron chi connectivity index (χ3n) is 8.79. The van der Waals surface area contributed by atoms with Crippen molar-refractivity contribution in [1.29, 1.82) is 0 Å². The maximum Gasteiger partial charge on any atom is 0.488 e. The van der Waals surface area contributed by atoms with E-state index in [1.54, 1.807) is 36.4 Å². The molecule has 1 heterocycles. The predicted molar refractivity (Wildman–Crippen MR) is 164 cm³/mol. The molecule has 0 radical (unpaired) electrons. The number of methoxy groups -OCH3 is 2. The Labute approximate surface area is 261 Å². The second kappa shape index (κ2) is 11.3. The van der Waals surface area contributed by atoms with Gasteiger partial charge in [-0.3, -0.25) is 24.1 Å². The average molecular weight is 660 g/mol. The van der Waals surface area contributed by atoms with Gasteiger partial charge in [-0.15, -0.1) is 0 Å². The van der Waals surface area contributed by atoms with Crippen molar-refractivity contribution in [2.75, 3.05) is 19.1 Å². The monoisotopic (exact) mass is 659 g/mol. The molecule has 1 aliphatic heterocycles. The van der Waals surface area contributed by atoms with Crippen molar-refractivity contribution in [3.63, 3.8) is 0 Å².